The Balaban J connectivity index is 0.00000264. The molecule has 0 bridgehead atoms. The fourth-order valence-corrected chi connectivity index (χ4v) is 2.51. The van der Waals surface area contributed by atoms with E-state index in [1.165, 1.54) is 12.1 Å². The van der Waals surface area contributed by atoms with Gasteiger partial charge in [-0.15, -0.1) is 24.0 Å². The molecule has 1 heterocycles. The molecule has 7 heteroatoms. The lowest BCUT2D eigenvalue weighted by Gasteiger charge is -2.32. The molecule has 130 valence electrons. The van der Waals surface area contributed by atoms with Gasteiger partial charge in [0.05, 0.1) is 6.10 Å². The number of halogens is 3. The van der Waals surface area contributed by atoms with Gasteiger partial charge in [0.25, 0.3) is 0 Å². The highest BCUT2D eigenvalue weighted by Gasteiger charge is 2.19. The quantitative estimate of drug-likeness (QED) is 0.431. The van der Waals surface area contributed by atoms with Crippen LogP contribution in [0.4, 0.5) is 8.78 Å². The summed E-state index contributed by atoms with van der Waals surface area (Å²) in [5.41, 5.74) is 0.468. The van der Waals surface area contributed by atoms with Crippen LogP contribution in [-0.4, -0.2) is 48.2 Å². The third kappa shape index (κ3) is 6.21. The van der Waals surface area contributed by atoms with E-state index in [0.717, 1.165) is 44.5 Å². The number of rotatable bonds is 4. The maximum absolute atomic E-state index is 13.6. The van der Waals surface area contributed by atoms with Gasteiger partial charge < -0.3 is 15.3 Å². The molecule has 1 aromatic rings. The van der Waals surface area contributed by atoms with E-state index in [0.29, 0.717) is 18.5 Å². The molecule has 1 fully saturated rings. The van der Waals surface area contributed by atoms with Crippen molar-refractivity contribution in [2.75, 3.05) is 26.2 Å². The van der Waals surface area contributed by atoms with E-state index >= 15 is 0 Å². The molecule has 0 radical (unpaired) electrons. The topological polar surface area (TPSA) is 47.9 Å². The summed E-state index contributed by atoms with van der Waals surface area (Å²) in [5.74, 6) is -0.303. The molecule has 0 unspecified atom stereocenters. The maximum Gasteiger partial charge on any atom is 0.193 e. The van der Waals surface area contributed by atoms with Crippen molar-refractivity contribution in [3.05, 3.63) is 35.4 Å². The number of aliphatic hydroxyl groups excluding tert-OH is 1. The molecule has 1 saturated heterocycles. The molecule has 0 amide bonds. The lowest BCUT2D eigenvalue weighted by Crippen LogP contribution is -2.46. The molecule has 1 aliphatic rings. The number of aliphatic imine (C=N–C) groups is 1. The highest BCUT2D eigenvalue weighted by molar-refractivity contribution is 14.0. The van der Waals surface area contributed by atoms with Gasteiger partial charge in [-0.2, -0.15) is 0 Å². The van der Waals surface area contributed by atoms with Crippen LogP contribution in [-0.2, 0) is 6.42 Å². The fourth-order valence-electron chi connectivity index (χ4n) is 2.51. The molecular weight excluding hydrogens is 415 g/mol. The van der Waals surface area contributed by atoms with Gasteiger partial charge in [0.1, 0.15) is 11.6 Å². The lowest BCUT2D eigenvalue weighted by atomic mass is 10.1. The predicted molar refractivity (Wildman–Crippen MR) is 98.3 cm³/mol. The molecule has 0 spiro atoms. The number of benzene rings is 1. The third-order valence-electron chi connectivity index (χ3n) is 3.76. The summed E-state index contributed by atoms with van der Waals surface area (Å²) in [4.78, 5) is 6.62. The lowest BCUT2D eigenvalue weighted by molar-refractivity contribution is 0.108. The van der Waals surface area contributed by atoms with Crippen molar-refractivity contribution in [1.82, 2.24) is 10.2 Å². The molecule has 0 aliphatic carbocycles. The first-order chi connectivity index (χ1) is 10.6. The van der Waals surface area contributed by atoms with E-state index in [-0.39, 0.29) is 30.1 Å². The Morgan fingerprint density at radius 2 is 2.04 bits per heavy atom. The number of likely N-dealkylation sites (tertiary alicyclic amines) is 1. The minimum atomic E-state index is -0.565. The minimum Gasteiger partial charge on any atom is -0.393 e. The third-order valence-corrected chi connectivity index (χ3v) is 3.76. The van der Waals surface area contributed by atoms with Crippen LogP contribution in [0.3, 0.4) is 0 Å². The highest BCUT2D eigenvalue weighted by Crippen LogP contribution is 2.12. The van der Waals surface area contributed by atoms with Crippen molar-refractivity contribution < 1.29 is 13.9 Å². The Kier molecular flexibility index (Phi) is 8.75. The van der Waals surface area contributed by atoms with E-state index in [1.54, 1.807) is 0 Å². The number of piperidine rings is 1. The van der Waals surface area contributed by atoms with E-state index < -0.39 is 11.6 Å². The molecule has 4 nitrogen and oxygen atoms in total. The average molecular weight is 439 g/mol. The van der Waals surface area contributed by atoms with Crippen LogP contribution >= 0.6 is 24.0 Å². The van der Waals surface area contributed by atoms with Crippen LogP contribution in [0.2, 0.25) is 0 Å². The maximum atomic E-state index is 13.6. The van der Waals surface area contributed by atoms with E-state index in [1.807, 2.05) is 6.92 Å². The summed E-state index contributed by atoms with van der Waals surface area (Å²) >= 11 is 0. The summed E-state index contributed by atoms with van der Waals surface area (Å²) < 4.78 is 26.4. The average Bonchev–Trinajstić information content (AvgIpc) is 2.49. The Labute approximate surface area is 153 Å². The summed E-state index contributed by atoms with van der Waals surface area (Å²) in [6, 6.07) is 3.62. The van der Waals surface area contributed by atoms with Crippen molar-refractivity contribution >= 4 is 29.9 Å². The predicted octanol–water partition coefficient (Wildman–Crippen LogP) is 2.55. The molecule has 0 aromatic heterocycles. The smallest absolute Gasteiger partial charge is 0.193 e. The van der Waals surface area contributed by atoms with Gasteiger partial charge >= 0.3 is 0 Å². The van der Waals surface area contributed by atoms with Gasteiger partial charge in [0.2, 0.25) is 0 Å². The first-order valence-electron chi connectivity index (χ1n) is 7.75. The Morgan fingerprint density at radius 1 is 1.35 bits per heavy atom. The second kappa shape index (κ2) is 10.0. The van der Waals surface area contributed by atoms with Gasteiger partial charge in [-0.05, 0) is 37.8 Å². The van der Waals surface area contributed by atoms with E-state index in [2.05, 4.69) is 15.2 Å². The zero-order valence-corrected chi connectivity index (χ0v) is 15.6. The first-order valence-corrected chi connectivity index (χ1v) is 7.75. The molecule has 0 atom stereocenters. The molecule has 2 N–H and O–H groups in total. The van der Waals surface area contributed by atoms with Crippen LogP contribution in [0.25, 0.3) is 0 Å². The Morgan fingerprint density at radius 3 is 2.65 bits per heavy atom. The van der Waals surface area contributed by atoms with Gasteiger partial charge in [-0.1, -0.05) is 6.07 Å². The Hall–Kier alpha value is -0.960. The highest BCUT2D eigenvalue weighted by atomic mass is 127. The largest absolute Gasteiger partial charge is 0.393 e. The zero-order chi connectivity index (χ0) is 15.9. The van der Waals surface area contributed by atoms with Crippen LogP contribution in [0.5, 0.6) is 0 Å². The standard InChI is InChI=1S/C16H23F2N3O.HI/c1-2-19-16(21-9-6-14(22)7-10-21)20-8-5-12-3-4-13(17)11-15(12)18;/h3-4,11,14,22H,2,5-10H2,1H3,(H,19,20);1H. The number of aliphatic hydroxyl groups is 1. The van der Waals surface area contributed by atoms with Crippen LogP contribution in [0.1, 0.15) is 25.3 Å². The minimum absolute atomic E-state index is 0. The monoisotopic (exact) mass is 439 g/mol. The second-order valence-electron chi connectivity index (χ2n) is 5.44. The zero-order valence-electron chi connectivity index (χ0n) is 13.3. The molecule has 1 aliphatic heterocycles. The summed E-state index contributed by atoms with van der Waals surface area (Å²) in [6.07, 6.45) is 1.67. The molecule has 2 rings (SSSR count). The summed E-state index contributed by atoms with van der Waals surface area (Å²) in [5, 5.41) is 12.8. The second-order valence-corrected chi connectivity index (χ2v) is 5.44. The summed E-state index contributed by atoms with van der Waals surface area (Å²) in [6.45, 7) is 4.70. The Bertz CT molecular complexity index is 520. The van der Waals surface area contributed by atoms with E-state index in [4.69, 9.17) is 0 Å². The molecule has 1 aromatic carbocycles. The van der Waals surface area contributed by atoms with Crippen molar-refractivity contribution in [3.63, 3.8) is 0 Å². The SMILES string of the molecule is CCNC(=NCCc1ccc(F)cc1F)N1CCC(O)CC1.I. The van der Waals surface area contributed by atoms with Gasteiger partial charge in [0.15, 0.2) is 5.96 Å². The molecular formula is C16H24F2IN3O. The van der Waals surface area contributed by atoms with Crippen molar-refractivity contribution in [1.29, 1.82) is 0 Å². The number of hydrogen-bond acceptors (Lipinski definition) is 2. The van der Waals surface area contributed by atoms with Crippen molar-refractivity contribution in [3.8, 4) is 0 Å². The fraction of sp³-hybridized carbons (Fsp3) is 0.562. The van der Waals surface area contributed by atoms with Crippen molar-refractivity contribution in [2.24, 2.45) is 4.99 Å². The summed E-state index contributed by atoms with van der Waals surface area (Å²) in [7, 11) is 0. The normalized spacial score (nSPS) is 16.2. The van der Waals surface area contributed by atoms with Gasteiger partial charge in [-0.3, -0.25) is 4.99 Å². The number of guanidine groups is 1. The number of nitrogens with one attached hydrogen (secondary N) is 1. The molecule has 23 heavy (non-hydrogen) atoms. The van der Waals surface area contributed by atoms with Gasteiger partial charge in [-0.25, -0.2) is 8.78 Å². The van der Waals surface area contributed by atoms with Gasteiger partial charge in [0, 0.05) is 32.2 Å². The van der Waals surface area contributed by atoms with E-state index in [9.17, 15) is 13.9 Å². The number of nitrogens with zero attached hydrogens (tertiary/aromatic N) is 2. The van der Waals surface area contributed by atoms with Crippen LogP contribution in [0, 0.1) is 11.6 Å². The molecule has 0 saturated carbocycles. The number of hydrogen-bond donors (Lipinski definition) is 2. The first kappa shape index (κ1) is 20.1. The van der Waals surface area contributed by atoms with Crippen molar-refractivity contribution in [2.45, 2.75) is 32.3 Å². The van der Waals surface area contributed by atoms with Crippen LogP contribution < -0.4 is 5.32 Å². The van der Waals surface area contributed by atoms with Crippen LogP contribution in [0.15, 0.2) is 23.2 Å².